The lowest BCUT2D eigenvalue weighted by Gasteiger charge is -2.33. The molecule has 3 fully saturated rings. The second-order valence-corrected chi connectivity index (χ2v) is 8.94. The van der Waals surface area contributed by atoms with Crippen molar-refractivity contribution in [1.29, 1.82) is 0 Å². The number of phenolic OH excluding ortho intramolecular Hbond substituents is 1. The molecule has 166 valence electrons. The highest BCUT2D eigenvalue weighted by atomic mass is 16.5. The number of benzene rings is 3. The molecular weight excluding hydrogens is 416 g/mol. The maximum absolute atomic E-state index is 13.4. The number of likely N-dealkylation sites (tertiary alicyclic amines) is 1. The topological polar surface area (TPSA) is 70.1 Å². The first-order valence-corrected chi connectivity index (χ1v) is 11.3. The van der Waals surface area contributed by atoms with Crippen LogP contribution in [0.25, 0.3) is 11.1 Å². The predicted octanol–water partition coefficient (Wildman–Crippen LogP) is 3.97. The minimum absolute atomic E-state index is 0.0477. The van der Waals surface area contributed by atoms with Gasteiger partial charge in [-0.25, -0.2) is 0 Å². The third kappa shape index (κ3) is 3.05. The lowest BCUT2D eigenvalue weighted by atomic mass is 10.0. The molecule has 0 radical (unpaired) electrons. The van der Waals surface area contributed by atoms with Crippen molar-refractivity contribution in [3.63, 3.8) is 0 Å². The van der Waals surface area contributed by atoms with E-state index in [-0.39, 0.29) is 29.6 Å². The van der Waals surface area contributed by atoms with Gasteiger partial charge in [0.2, 0.25) is 5.91 Å². The van der Waals surface area contributed by atoms with Crippen LogP contribution >= 0.6 is 0 Å². The Morgan fingerprint density at radius 3 is 2.30 bits per heavy atom. The molecule has 3 atom stereocenters. The van der Waals surface area contributed by atoms with Crippen LogP contribution < -0.4 is 0 Å². The highest BCUT2D eigenvalue weighted by molar-refractivity contribution is 5.96. The van der Waals surface area contributed by atoms with Gasteiger partial charge in [0.05, 0.1) is 25.1 Å². The Hall–Kier alpha value is -3.64. The summed E-state index contributed by atoms with van der Waals surface area (Å²) in [4.78, 5) is 30.2. The second kappa shape index (κ2) is 7.46. The summed E-state index contributed by atoms with van der Waals surface area (Å²) in [5, 5.41) is 9.49. The first kappa shape index (κ1) is 20.0. The molecule has 3 aliphatic heterocycles. The van der Waals surface area contributed by atoms with E-state index < -0.39 is 5.72 Å². The van der Waals surface area contributed by atoms with Gasteiger partial charge in [-0.1, -0.05) is 54.6 Å². The number of rotatable bonds is 3. The molecule has 0 unspecified atom stereocenters. The van der Waals surface area contributed by atoms with Crippen molar-refractivity contribution in [2.75, 3.05) is 13.2 Å². The Morgan fingerprint density at radius 2 is 1.61 bits per heavy atom. The van der Waals surface area contributed by atoms with E-state index in [0.29, 0.717) is 31.6 Å². The normalized spacial score (nSPS) is 25.9. The van der Waals surface area contributed by atoms with E-state index in [4.69, 9.17) is 4.74 Å². The Morgan fingerprint density at radius 1 is 0.939 bits per heavy atom. The van der Waals surface area contributed by atoms with Gasteiger partial charge in [0.15, 0.2) is 5.72 Å². The van der Waals surface area contributed by atoms with Crippen LogP contribution in [-0.4, -0.2) is 51.6 Å². The van der Waals surface area contributed by atoms with Gasteiger partial charge in [-0.3, -0.25) is 9.59 Å². The highest BCUT2D eigenvalue weighted by Gasteiger charge is 2.65. The standard InChI is InChI=1S/C27H24N2O4/c30-22-12-10-19(11-13-22)18-6-8-21(9-7-18)26(32)28-15-14-27-24(28)16-25(31)29(27)23(17-33-27)20-4-2-1-3-5-20/h1-13,23-24,30H,14-17H2/t23-,24+,27-/m0/s1. The molecule has 0 aromatic heterocycles. The minimum atomic E-state index is -0.723. The molecule has 2 amide bonds. The van der Waals surface area contributed by atoms with Gasteiger partial charge in [-0.05, 0) is 41.0 Å². The molecule has 3 aliphatic rings. The molecular formula is C27H24N2O4. The van der Waals surface area contributed by atoms with E-state index in [1.807, 2.05) is 76.5 Å². The number of ether oxygens (including phenoxy) is 1. The fourth-order valence-electron chi connectivity index (χ4n) is 5.63. The predicted molar refractivity (Wildman–Crippen MR) is 122 cm³/mol. The zero-order valence-electron chi connectivity index (χ0n) is 18.1. The molecule has 3 aromatic rings. The SMILES string of the molecule is O=C(c1ccc(-c2ccc(O)cc2)cc1)N1CC[C@@]23OC[C@@H](c4ccccc4)N2C(=O)C[C@@H]13. The Kier molecular flexibility index (Phi) is 4.52. The molecule has 6 nitrogen and oxygen atoms in total. The number of carbonyl (C=O) groups excluding carboxylic acids is 2. The fourth-order valence-corrected chi connectivity index (χ4v) is 5.63. The molecule has 6 heteroatoms. The molecule has 33 heavy (non-hydrogen) atoms. The number of hydrogen-bond acceptors (Lipinski definition) is 4. The van der Waals surface area contributed by atoms with E-state index in [1.54, 1.807) is 12.1 Å². The van der Waals surface area contributed by atoms with Crippen molar-refractivity contribution < 1.29 is 19.4 Å². The average Bonchev–Trinajstić information content (AvgIpc) is 3.48. The van der Waals surface area contributed by atoms with E-state index >= 15 is 0 Å². The highest BCUT2D eigenvalue weighted by Crippen LogP contribution is 2.51. The van der Waals surface area contributed by atoms with Crippen molar-refractivity contribution in [3.05, 3.63) is 90.0 Å². The molecule has 0 saturated carbocycles. The van der Waals surface area contributed by atoms with Gasteiger partial charge in [-0.2, -0.15) is 0 Å². The zero-order valence-corrected chi connectivity index (χ0v) is 18.1. The largest absolute Gasteiger partial charge is 0.508 e. The molecule has 0 aliphatic carbocycles. The van der Waals surface area contributed by atoms with E-state index in [2.05, 4.69) is 0 Å². The third-order valence-corrected chi connectivity index (χ3v) is 7.23. The van der Waals surface area contributed by atoms with Crippen LogP contribution in [0.2, 0.25) is 0 Å². The molecule has 3 aromatic carbocycles. The summed E-state index contributed by atoms with van der Waals surface area (Å²) >= 11 is 0. The molecule has 3 heterocycles. The Balaban J connectivity index is 1.24. The van der Waals surface area contributed by atoms with Crippen LogP contribution in [0.3, 0.4) is 0 Å². The van der Waals surface area contributed by atoms with E-state index in [9.17, 15) is 14.7 Å². The molecule has 0 bridgehead atoms. The van der Waals surface area contributed by atoms with Crippen molar-refractivity contribution in [2.45, 2.75) is 30.7 Å². The first-order valence-electron chi connectivity index (χ1n) is 11.3. The zero-order chi connectivity index (χ0) is 22.6. The van der Waals surface area contributed by atoms with Gasteiger partial charge >= 0.3 is 0 Å². The van der Waals surface area contributed by atoms with Gasteiger partial charge in [0, 0.05) is 18.5 Å². The molecule has 1 N–H and O–H groups in total. The summed E-state index contributed by atoms with van der Waals surface area (Å²) < 4.78 is 6.32. The van der Waals surface area contributed by atoms with Gasteiger partial charge in [-0.15, -0.1) is 0 Å². The molecule has 6 rings (SSSR count). The van der Waals surface area contributed by atoms with Crippen LogP contribution in [0.4, 0.5) is 0 Å². The van der Waals surface area contributed by atoms with Gasteiger partial charge < -0.3 is 19.6 Å². The summed E-state index contributed by atoms with van der Waals surface area (Å²) in [5.74, 6) is 0.194. The number of nitrogens with zero attached hydrogens (tertiary/aromatic N) is 2. The van der Waals surface area contributed by atoms with Crippen LogP contribution in [0.1, 0.15) is 34.8 Å². The lowest BCUT2D eigenvalue weighted by molar-refractivity contribution is -0.138. The summed E-state index contributed by atoms with van der Waals surface area (Å²) in [6, 6.07) is 24.0. The van der Waals surface area contributed by atoms with E-state index in [0.717, 1.165) is 16.7 Å². The Labute approximate surface area is 192 Å². The minimum Gasteiger partial charge on any atom is -0.508 e. The number of aromatic hydroxyl groups is 1. The lowest BCUT2D eigenvalue weighted by Crippen LogP contribution is -2.49. The second-order valence-electron chi connectivity index (χ2n) is 8.94. The summed E-state index contributed by atoms with van der Waals surface area (Å²) in [6.07, 6.45) is 0.921. The van der Waals surface area contributed by atoms with Crippen molar-refractivity contribution in [1.82, 2.24) is 9.80 Å². The van der Waals surface area contributed by atoms with Crippen molar-refractivity contribution >= 4 is 11.8 Å². The number of amides is 2. The van der Waals surface area contributed by atoms with Crippen molar-refractivity contribution in [3.8, 4) is 16.9 Å². The van der Waals surface area contributed by atoms with Crippen LogP contribution in [0.15, 0.2) is 78.9 Å². The van der Waals surface area contributed by atoms with Crippen LogP contribution in [0, 0.1) is 0 Å². The van der Waals surface area contributed by atoms with Crippen LogP contribution in [-0.2, 0) is 9.53 Å². The number of carbonyl (C=O) groups is 2. The summed E-state index contributed by atoms with van der Waals surface area (Å²) in [6.45, 7) is 1.02. The first-order chi connectivity index (χ1) is 16.1. The maximum Gasteiger partial charge on any atom is 0.254 e. The van der Waals surface area contributed by atoms with Gasteiger partial charge in [0.25, 0.3) is 5.91 Å². The van der Waals surface area contributed by atoms with Gasteiger partial charge in [0.1, 0.15) is 5.75 Å². The number of hydrogen-bond donors (Lipinski definition) is 1. The number of phenols is 1. The average molecular weight is 440 g/mol. The maximum atomic E-state index is 13.4. The molecule has 3 saturated heterocycles. The monoisotopic (exact) mass is 440 g/mol. The summed E-state index contributed by atoms with van der Waals surface area (Å²) in [5.41, 5.74) is 2.88. The van der Waals surface area contributed by atoms with Crippen molar-refractivity contribution in [2.24, 2.45) is 0 Å². The quantitative estimate of drug-likeness (QED) is 0.669. The summed E-state index contributed by atoms with van der Waals surface area (Å²) in [7, 11) is 0. The Bertz CT molecular complexity index is 1210. The van der Waals surface area contributed by atoms with Crippen LogP contribution in [0.5, 0.6) is 5.75 Å². The molecule has 1 spiro atoms. The fraction of sp³-hybridized carbons (Fsp3) is 0.259. The van der Waals surface area contributed by atoms with E-state index in [1.165, 1.54) is 0 Å². The smallest absolute Gasteiger partial charge is 0.254 e. The third-order valence-electron chi connectivity index (χ3n) is 7.23.